The minimum atomic E-state index is -0.333. The van der Waals surface area contributed by atoms with Crippen molar-refractivity contribution in [2.75, 3.05) is 5.32 Å². The number of hydrogen-bond acceptors (Lipinski definition) is 5. The van der Waals surface area contributed by atoms with Gasteiger partial charge in [-0.1, -0.05) is 12.1 Å². The molecular weight excluding hydrogens is 331 g/mol. The van der Waals surface area contributed by atoms with Crippen molar-refractivity contribution in [3.8, 4) is 22.6 Å². The van der Waals surface area contributed by atoms with Gasteiger partial charge in [-0.3, -0.25) is 4.98 Å². The third-order valence-electron chi connectivity index (χ3n) is 3.82. The maximum atomic E-state index is 14.2. The van der Waals surface area contributed by atoms with Crippen molar-refractivity contribution in [1.29, 1.82) is 0 Å². The Morgan fingerprint density at radius 3 is 2.69 bits per heavy atom. The lowest BCUT2D eigenvalue weighted by molar-refractivity contribution is 0.518. The molecule has 0 radical (unpaired) electrons. The first-order valence-corrected chi connectivity index (χ1v) is 8.10. The molecule has 0 aliphatic heterocycles. The van der Waals surface area contributed by atoms with E-state index in [9.17, 15) is 4.39 Å². The molecule has 0 spiro atoms. The quantitative estimate of drug-likeness (QED) is 0.574. The van der Waals surface area contributed by atoms with Crippen LogP contribution in [0.4, 0.5) is 10.2 Å². The minimum absolute atomic E-state index is 0.333. The molecular formula is C20H15FN4O. The Morgan fingerprint density at radius 1 is 1.00 bits per heavy atom. The van der Waals surface area contributed by atoms with E-state index in [-0.39, 0.29) is 5.82 Å². The average Bonchev–Trinajstić information content (AvgIpc) is 3.21. The zero-order valence-electron chi connectivity index (χ0n) is 13.8. The summed E-state index contributed by atoms with van der Waals surface area (Å²) in [5, 5.41) is 3.20. The molecule has 0 bridgehead atoms. The lowest BCUT2D eigenvalue weighted by Crippen LogP contribution is -2.04. The van der Waals surface area contributed by atoms with E-state index in [2.05, 4.69) is 20.3 Å². The fraction of sp³-hybridized carbons (Fsp3) is 0.0500. The number of halogens is 1. The average molecular weight is 346 g/mol. The van der Waals surface area contributed by atoms with Crippen molar-refractivity contribution >= 4 is 5.82 Å². The summed E-state index contributed by atoms with van der Waals surface area (Å²) >= 11 is 0. The summed E-state index contributed by atoms with van der Waals surface area (Å²) in [5.74, 6) is 1.49. The lowest BCUT2D eigenvalue weighted by atomic mass is 10.1. The van der Waals surface area contributed by atoms with E-state index in [0.29, 0.717) is 29.4 Å². The highest BCUT2D eigenvalue weighted by molar-refractivity contribution is 5.67. The first kappa shape index (κ1) is 16.0. The van der Waals surface area contributed by atoms with E-state index in [1.807, 2.05) is 24.3 Å². The summed E-state index contributed by atoms with van der Waals surface area (Å²) in [6.45, 7) is 0.465. The molecule has 0 saturated carbocycles. The molecule has 0 unspecified atom stereocenters. The van der Waals surface area contributed by atoms with Crippen LogP contribution in [-0.4, -0.2) is 15.0 Å². The zero-order valence-corrected chi connectivity index (χ0v) is 13.8. The van der Waals surface area contributed by atoms with Crippen molar-refractivity contribution in [2.45, 2.75) is 6.54 Å². The van der Waals surface area contributed by atoms with Crippen LogP contribution in [0.3, 0.4) is 0 Å². The molecule has 0 aliphatic carbocycles. The Hall–Kier alpha value is -3.54. The third kappa shape index (κ3) is 3.44. The number of furan rings is 1. The number of nitrogens with zero attached hydrogens (tertiary/aromatic N) is 3. The third-order valence-corrected chi connectivity index (χ3v) is 3.82. The first-order chi connectivity index (χ1) is 12.8. The van der Waals surface area contributed by atoms with Crippen LogP contribution in [0.5, 0.6) is 0 Å². The number of nitrogens with one attached hydrogen (secondary N) is 1. The van der Waals surface area contributed by atoms with E-state index in [4.69, 9.17) is 4.42 Å². The Bertz CT molecular complexity index is 1000. The van der Waals surface area contributed by atoms with E-state index in [0.717, 1.165) is 11.3 Å². The van der Waals surface area contributed by atoms with Gasteiger partial charge in [-0.25, -0.2) is 14.4 Å². The summed E-state index contributed by atoms with van der Waals surface area (Å²) in [7, 11) is 0. The molecule has 1 aromatic carbocycles. The zero-order chi connectivity index (χ0) is 17.8. The van der Waals surface area contributed by atoms with Gasteiger partial charge >= 0.3 is 0 Å². The van der Waals surface area contributed by atoms with Gasteiger partial charge in [-0.15, -0.1) is 0 Å². The summed E-state index contributed by atoms with van der Waals surface area (Å²) in [5.41, 5.74) is 1.67. The van der Waals surface area contributed by atoms with Crippen LogP contribution < -0.4 is 5.32 Å². The lowest BCUT2D eigenvalue weighted by Gasteiger charge is -2.10. The topological polar surface area (TPSA) is 63.8 Å². The van der Waals surface area contributed by atoms with Crippen molar-refractivity contribution in [3.05, 3.63) is 84.8 Å². The molecule has 0 saturated heterocycles. The molecule has 4 rings (SSSR count). The maximum absolute atomic E-state index is 14.2. The van der Waals surface area contributed by atoms with E-state index in [1.165, 1.54) is 6.07 Å². The van der Waals surface area contributed by atoms with Crippen LogP contribution in [0, 0.1) is 5.82 Å². The van der Waals surface area contributed by atoms with Crippen LogP contribution in [0.1, 0.15) is 5.76 Å². The highest BCUT2D eigenvalue weighted by Crippen LogP contribution is 2.26. The van der Waals surface area contributed by atoms with Gasteiger partial charge in [0.15, 0.2) is 5.82 Å². The second-order valence-corrected chi connectivity index (χ2v) is 5.62. The molecule has 5 nitrogen and oxygen atoms in total. The summed E-state index contributed by atoms with van der Waals surface area (Å²) in [6.07, 6.45) is 4.97. The molecule has 3 aromatic heterocycles. The van der Waals surface area contributed by atoms with E-state index >= 15 is 0 Å². The predicted molar refractivity (Wildman–Crippen MR) is 96.7 cm³/mol. The number of aromatic nitrogens is 3. The predicted octanol–water partition coefficient (Wildman–Crippen LogP) is 4.55. The highest BCUT2D eigenvalue weighted by atomic mass is 19.1. The summed E-state index contributed by atoms with van der Waals surface area (Å²) in [4.78, 5) is 13.2. The van der Waals surface area contributed by atoms with Crippen molar-refractivity contribution in [2.24, 2.45) is 0 Å². The van der Waals surface area contributed by atoms with Crippen LogP contribution >= 0.6 is 0 Å². The Balaban J connectivity index is 1.75. The Kier molecular flexibility index (Phi) is 4.38. The number of hydrogen-bond donors (Lipinski definition) is 1. The molecule has 0 aliphatic rings. The Labute approximate surface area is 149 Å². The summed E-state index contributed by atoms with van der Waals surface area (Å²) < 4.78 is 19.6. The summed E-state index contributed by atoms with van der Waals surface area (Å²) in [6, 6.07) is 15.6. The molecule has 128 valence electrons. The normalized spacial score (nSPS) is 10.7. The highest BCUT2D eigenvalue weighted by Gasteiger charge is 2.12. The van der Waals surface area contributed by atoms with Gasteiger partial charge in [0.25, 0.3) is 0 Å². The fourth-order valence-electron chi connectivity index (χ4n) is 2.56. The van der Waals surface area contributed by atoms with Gasteiger partial charge in [-0.05, 0) is 36.4 Å². The maximum Gasteiger partial charge on any atom is 0.163 e. The minimum Gasteiger partial charge on any atom is -0.467 e. The van der Waals surface area contributed by atoms with Crippen LogP contribution in [0.25, 0.3) is 22.6 Å². The molecule has 0 fully saturated rings. The Morgan fingerprint density at radius 2 is 1.92 bits per heavy atom. The molecule has 6 heteroatoms. The molecule has 0 amide bonds. The molecule has 3 heterocycles. The second kappa shape index (κ2) is 7.14. The van der Waals surface area contributed by atoms with Gasteiger partial charge in [0, 0.05) is 29.6 Å². The van der Waals surface area contributed by atoms with E-state index < -0.39 is 0 Å². The number of benzene rings is 1. The van der Waals surface area contributed by atoms with Gasteiger partial charge in [0.2, 0.25) is 0 Å². The largest absolute Gasteiger partial charge is 0.467 e. The van der Waals surface area contributed by atoms with Gasteiger partial charge < -0.3 is 9.73 Å². The monoisotopic (exact) mass is 346 g/mol. The number of rotatable bonds is 5. The van der Waals surface area contributed by atoms with Gasteiger partial charge in [0.05, 0.1) is 18.5 Å². The molecule has 26 heavy (non-hydrogen) atoms. The van der Waals surface area contributed by atoms with Gasteiger partial charge in [0.1, 0.15) is 17.4 Å². The number of pyridine rings is 1. The second-order valence-electron chi connectivity index (χ2n) is 5.62. The smallest absolute Gasteiger partial charge is 0.163 e. The first-order valence-electron chi connectivity index (χ1n) is 8.10. The van der Waals surface area contributed by atoms with Crippen molar-refractivity contribution in [1.82, 2.24) is 15.0 Å². The fourth-order valence-corrected chi connectivity index (χ4v) is 2.56. The molecule has 4 aromatic rings. The van der Waals surface area contributed by atoms with Crippen LogP contribution in [0.2, 0.25) is 0 Å². The van der Waals surface area contributed by atoms with Crippen LogP contribution in [-0.2, 0) is 6.54 Å². The standard InChI is InChI=1S/C20H15FN4O/c21-17-8-2-1-7-16(17)18-11-19(23-13-15-6-4-10-26-15)25-20(24-18)14-5-3-9-22-12-14/h1-12H,13H2,(H,23,24,25). The van der Waals surface area contributed by atoms with Crippen LogP contribution in [0.15, 0.2) is 77.7 Å². The van der Waals surface area contributed by atoms with Gasteiger partial charge in [-0.2, -0.15) is 0 Å². The molecule has 1 N–H and O–H groups in total. The van der Waals surface area contributed by atoms with Crippen molar-refractivity contribution < 1.29 is 8.81 Å². The van der Waals surface area contributed by atoms with E-state index in [1.54, 1.807) is 42.9 Å². The van der Waals surface area contributed by atoms with Crippen molar-refractivity contribution in [3.63, 3.8) is 0 Å². The number of anilines is 1. The molecule has 0 atom stereocenters. The SMILES string of the molecule is Fc1ccccc1-c1cc(NCc2ccco2)nc(-c2cccnc2)n1.